The number of halogens is 4. The third-order valence-electron chi connectivity index (χ3n) is 1.26. The summed E-state index contributed by atoms with van der Waals surface area (Å²) in [5.41, 5.74) is 4.30. The normalized spacial score (nSPS) is 10.8. The van der Waals surface area contributed by atoms with E-state index in [0.717, 1.165) is 0 Å². The molecule has 0 aliphatic carbocycles. The second-order valence-electron chi connectivity index (χ2n) is 2.02. The Morgan fingerprint density at radius 1 is 1.50 bits per heavy atom. The summed E-state index contributed by atoms with van der Waals surface area (Å²) in [6, 6.07) is 0. The first kappa shape index (κ1) is 9.12. The van der Waals surface area contributed by atoms with E-state index in [1.807, 2.05) is 0 Å². The van der Waals surface area contributed by atoms with Crippen molar-refractivity contribution in [2.24, 2.45) is 0 Å². The van der Waals surface area contributed by atoms with Crippen LogP contribution in [0.5, 0.6) is 0 Å². The fraction of sp³-hybridized carbons (Fsp3) is 0.167. The maximum Gasteiger partial charge on any atom is 0.268 e. The van der Waals surface area contributed by atoms with E-state index in [0.29, 0.717) is 6.20 Å². The molecule has 6 heteroatoms. The third kappa shape index (κ3) is 1.45. The standard InChI is InChI=1S/C6H4ClF3N2/c7-4-2(8)1-12-6(11)3(4)5(9)10/h1,5H,(H2,11,12). The molecule has 12 heavy (non-hydrogen) atoms. The van der Waals surface area contributed by atoms with Crippen molar-refractivity contribution in [2.75, 3.05) is 5.73 Å². The summed E-state index contributed by atoms with van der Waals surface area (Å²) in [4.78, 5) is 3.20. The van der Waals surface area contributed by atoms with Gasteiger partial charge in [-0.15, -0.1) is 0 Å². The summed E-state index contributed by atoms with van der Waals surface area (Å²) in [5.74, 6) is -1.45. The zero-order chi connectivity index (χ0) is 9.30. The SMILES string of the molecule is Nc1ncc(F)c(Cl)c1C(F)F. The predicted molar refractivity (Wildman–Crippen MR) is 38.6 cm³/mol. The fourth-order valence-corrected chi connectivity index (χ4v) is 0.929. The Balaban J connectivity index is 3.33. The Morgan fingerprint density at radius 3 is 2.50 bits per heavy atom. The van der Waals surface area contributed by atoms with Crippen molar-refractivity contribution in [1.29, 1.82) is 0 Å². The molecule has 0 fully saturated rings. The summed E-state index contributed by atoms with van der Waals surface area (Å²) < 4.78 is 36.7. The van der Waals surface area contributed by atoms with Crippen LogP contribution in [0.2, 0.25) is 5.02 Å². The van der Waals surface area contributed by atoms with Crippen molar-refractivity contribution in [3.63, 3.8) is 0 Å². The maximum atomic E-state index is 12.5. The molecular formula is C6H4ClF3N2. The fourth-order valence-electron chi connectivity index (χ4n) is 0.701. The number of hydrogen-bond donors (Lipinski definition) is 1. The first-order chi connectivity index (χ1) is 5.54. The van der Waals surface area contributed by atoms with E-state index < -0.39 is 28.6 Å². The third-order valence-corrected chi connectivity index (χ3v) is 1.64. The lowest BCUT2D eigenvalue weighted by Crippen LogP contribution is -2.00. The molecule has 0 unspecified atom stereocenters. The molecule has 0 saturated carbocycles. The van der Waals surface area contributed by atoms with Crippen LogP contribution in [-0.2, 0) is 0 Å². The number of alkyl halides is 2. The van der Waals surface area contributed by atoms with Gasteiger partial charge in [0.25, 0.3) is 6.43 Å². The topological polar surface area (TPSA) is 38.9 Å². The second kappa shape index (κ2) is 3.18. The molecule has 1 rings (SSSR count). The van der Waals surface area contributed by atoms with Crippen LogP contribution in [0, 0.1) is 5.82 Å². The van der Waals surface area contributed by atoms with Crippen molar-refractivity contribution < 1.29 is 13.2 Å². The van der Waals surface area contributed by atoms with Crippen molar-refractivity contribution in [3.8, 4) is 0 Å². The molecule has 2 nitrogen and oxygen atoms in total. The van der Waals surface area contributed by atoms with Crippen LogP contribution in [0.3, 0.4) is 0 Å². The number of nitrogens with two attached hydrogens (primary N) is 1. The minimum atomic E-state index is -2.92. The number of rotatable bonds is 1. The van der Waals surface area contributed by atoms with Gasteiger partial charge in [0.2, 0.25) is 0 Å². The molecule has 0 spiro atoms. The number of hydrogen-bond acceptors (Lipinski definition) is 2. The van der Waals surface area contributed by atoms with Gasteiger partial charge in [0.05, 0.1) is 16.8 Å². The summed E-state index contributed by atoms with van der Waals surface area (Å²) in [5, 5.41) is -0.669. The monoisotopic (exact) mass is 196 g/mol. The molecule has 66 valence electrons. The molecule has 0 aliphatic rings. The molecular weight excluding hydrogens is 193 g/mol. The maximum absolute atomic E-state index is 12.5. The Labute approximate surface area is 71.2 Å². The zero-order valence-electron chi connectivity index (χ0n) is 5.69. The summed E-state index contributed by atoms with van der Waals surface area (Å²) in [7, 11) is 0. The zero-order valence-corrected chi connectivity index (χ0v) is 6.45. The molecule has 1 heterocycles. The molecule has 0 amide bonds. The van der Waals surface area contributed by atoms with Gasteiger partial charge in [-0.05, 0) is 0 Å². The molecule has 1 aromatic heterocycles. The van der Waals surface area contributed by atoms with Crippen molar-refractivity contribution in [2.45, 2.75) is 6.43 Å². The van der Waals surface area contributed by atoms with Gasteiger partial charge in [0.1, 0.15) is 5.82 Å². The lowest BCUT2D eigenvalue weighted by molar-refractivity contribution is 0.151. The highest BCUT2D eigenvalue weighted by molar-refractivity contribution is 6.31. The molecule has 1 aromatic rings. The van der Waals surface area contributed by atoms with Crippen LogP contribution in [0.4, 0.5) is 19.0 Å². The van der Waals surface area contributed by atoms with E-state index in [2.05, 4.69) is 4.98 Å². The van der Waals surface area contributed by atoms with Gasteiger partial charge in [-0.2, -0.15) is 0 Å². The van der Waals surface area contributed by atoms with Crippen molar-refractivity contribution in [1.82, 2.24) is 4.98 Å². The van der Waals surface area contributed by atoms with Crippen LogP contribution in [0.25, 0.3) is 0 Å². The van der Waals surface area contributed by atoms with Crippen LogP contribution in [-0.4, -0.2) is 4.98 Å². The predicted octanol–water partition coefficient (Wildman–Crippen LogP) is 2.39. The highest BCUT2D eigenvalue weighted by Crippen LogP contribution is 2.31. The average Bonchev–Trinajstić information content (AvgIpc) is 1.97. The van der Waals surface area contributed by atoms with Gasteiger partial charge >= 0.3 is 0 Å². The van der Waals surface area contributed by atoms with Crippen LogP contribution in [0.1, 0.15) is 12.0 Å². The van der Waals surface area contributed by atoms with Crippen molar-refractivity contribution >= 4 is 17.4 Å². The van der Waals surface area contributed by atoms with E-state index in [-0.39, 0.29) is 0 Å². The molecule has 0 saturated heterocycles. The lowest BCUT2D eigenvalue weighted by atomic mass is 10.2. The average molecular weight is 197 g/mol. The minimum absolute atomic E-state index is 0.448. The Morgan fingerprint density at radius 2 is 2.08 bits per heavy atom. The number of nitrogen functional groups attached to an aromatic ring is 1. The highest BCUT2D eigenvalue weighted by atomic mass is 35.5. The second-order valence-corrected chi connectivity index (χ2v) is 2.40. The molecule has 0 bridgehead atoms. The molecule has 0 aromatic carbocycles. The Kier molecular flexibility index (Phi) is 2.42. The van der Waals surface area contributed by atoms with E-state index in [4.69, 9.17) is 17.3 Å². The van der Waals surface area contributed by atoms with Crippen LogP contribution in [0.15, 0.2) is 6.20 Å². The molecule has 0 radical (unpaired) electrons. The van der Waals surface area contributed by atoms with Gasteiger partial charge in [0.15, 0.2) is 5.82 Å². The Hall–Kier alpha value is -0.970. The van der Waals surface area contributed by atoms with E-state index in [9.17, 15) is 13.2 Å². The number of pyridine rings is 1. The van der Waals surface area contributed by atoms with Crippen molar-refractivity contribution in [3.05, 3.63) is 22.6 Å². The van der Waals surface area contributed by atoms with Gasteiger partial charge in [-0.25, -0.2) is 18.2 Å². The first-order valence-corrected chi connectivity index (χ1v) is 3.29. The molecule has 0 aliphatic heterocycles. The Bertz CT molecular complexity index is 303. The van der Waals surface area contributed by atoms with E-state index in [1.165, 1.54) is 0 Å². The quantitative estimate of drug-likeness (QED) is 0.749. The van der Waals surface area contributed by atoms with Crippen LogP contribution < -0.4 is 5.73 Å². The van der Waals surface area contributed by atoms with Gasteiger partial charge in [0, 0.05) is 0 Å². The van der Waals surface area contributed by atoms with E-state index in [1.54, 1.807) is 0 Å². The van der Waals surface area contributed by atoms with E-state index >= 15 is 0 Å². The number of aromatic nitrogens is 1. The van der Waals surface area contributed by atoms with Gasteiger partial charge < -0.3 is 5.73 Å². The first-order valence-electron chi connectivity index (χ1n) is 2.91. The summed E-state index contributed by atoms with van der Waals surface area (Å²) in [6.07, 6.45) is -2.22. The number of anilines is 1. The molecule has 0 atom stereocenters. The summed E-state index contributed by atoms with van der Waals surface area (Å²) >= 11 is 5.22. The number of nitrogens with zero attached hydrogens (tertiary/aromatic N) is 1. The van der Waals surface area contributed by atoms with Gasteiger partial charge in [-0.1, -0.05) is 11.6 Å². The largest absolute Gasteiger partial charge is 0.383 e. The lowest BCUT2D eigenvalue weighted by Gasteiger charge is -2.05. The summed E-state index contributed by atoms with van der Waals surface area (Å²) in [6.45, 7) is 0. The van der Waals surface area contributed by atoms with Crippen LogP contribution >= 0.6 is 11.6 Å². The smallest absolute Gasteiger partial charge is 0.268 e. The van der Waals surface area contributed by atoms with Gasteiger partial charge in [-0.3, -0.25) is 0 Å². The highest BCUT2D eigenvalue weighted by Gasteiger charge is 2.19. The molecule has 2 N–H and O–H groups in total. The minimum Gasteiger partial charge on any atom is -0.383 e.